The lowest BCUT2D eigenvalue weighted by molar-refractivity contribution is 0.414. The fraction of sp³-hybridized carbons (Fsp3) is 0.176. The van der Waals surface area contributed by atoms with Crippen molar-refractivity contribution >= 4 is 70.8 Å². The van der Waals surface area contributed by atoms with Crippen molar-refractivity contribution in [1.29, 1.82) is 0 Å². The first kappa shape index (κ1) is 21.6. The number of hydrogen-bond acceptors (Lipinski definition) is 3. The van der Waals surface area contributed by atoms with Crippen LogP contribution in [0.2, 0.25) is 0 Å². The van der Waals surface area contributed by atoms with Crippen molar-refractivity contribution in [1.82, 2.24) is 4.40 Å². The minimum Gasteiger partial charge on any atom is -0.497 e. The van der Waals surface area contributed by atoms with Crippen LogP contribution in [-0.4, -0.2) is 18.6 Å². The van der Waals surface area contributed by atoms with E-state index >= 15 is 0 Å². The molecule has 0 amide bonds. The van der Waals surface area contributed by atoms with Gasteiger partial charge in [-0.2, -0.15) is 0 Å². The van der Waals surface area contributed by atoms with E-state index in [9.17, 15) is 0 Å². The summed E-state index contributed by atoms with van der Waals surface area (Å²) in [5, 5.41) is 9.48. The van der Waals surface area contributed by atoms with Crippen LogP contribution in [0.5, 0.6) is 11.5 Å². The van der Waals surface area contributed by atoms with Gasteiger partial charge >= 0.3 is 0 Å². The highest BCUT2D eigenvalue weighted by Gasteiger charge is 2.23. The molecule has 0 aliphatic rings. The molecule has 5 aromatic carbocycles. The van der Waals surface area contributed by atoms with Crippen molar-refractivity contribution in [3.8, 4) is 11.5 Å². The molecule has 0 saturated heterocycles. The van der Waals surface area contributed by atoms with Gasteiger partial charge < -0.3 is 18.3 Å². The molecule has 0 spiro atoms. The lowest BCUT2D eigenvalue weighted by atomic mass is 9.86. The van der Waals surface area contributed by atoms with E-state index in [1.54, 1.807) is 14.2 Å². The van der Waals surface area contributed by atoms with Crippen molar-refractivity contribution < 1.29 is 13.9 Å². The van der Waals surface area contributed by atoms with Gasteiger partial charge in [0.05, 0.1) is 36.2 Å². The number of nitrogens with zero attached hydrogens (tertiary/aromatic N) is 1. The van der Waals surface area contributed by atoms with E-state index in [0.29, 0.717) is 0 Å². The quantitative estimate of drug-likeness (QED) is 0.239. The van der Waals surface area contributed by atoms with E-state index in [1.807, 2.05) is 12.1 Å². The predicted octanol–water partition coefficient (Wildman–Crippen LogP) is 9.20. The smallest absolute Gasteiger partial charge is 0.139 e. The number of methoxy groups -OCH3 is 2. The first-order chi connectivity index (χ1) is 18.4. The Bertz CT molecular complexity index is 2240. The van der Waals surface area contributed by atoms with E-state index < -0.39 is 0 Å². The molecule has 186 valence electrons. The van der Waals surface area contributed by atoms with Gasteiger partial charge in [0.2, 0.25) is 0 Å². The van der Waals surface area contributed by atoms with E-state index in [1.165, 1.54) is 49.0 Å². The third kappa shape index (κ3) is 2.70. The molecule has 38 heavy (non-hydrogen) atoms. The summed E-state index contributed by atoms with van der Waals surface area (Å²) in [5.41, 5.74) is 6.72. The van der Waals surface area contributed by atoms with Crippen LogP contribution in [0, 0.1) is 0 Å². The van der Waals surface area contributed by atoms with Crippen molar-refractivity contribution in [3.05, 3.63) is 78.4 Å². The molecule has 0 aliphatic heterocycles. The van der Waals surface area contributed by atoms with E-state index in [4.69, 9.17) is 13.9 Å². The van der Waals surface area contributed by atoms with Crippen LogP contribution in [0.15, 0.2) is 77.2 Å². The zero-order valence-corrected chi connectivity index (χ0v) is 22.1. The zero-order valence-electron chi connectivity index (χ0n) is 22.1. The van der Waals surface area contributed by atoms with Crippen LogP contribution in [-0.2, 0) is 5.41 Å². The van der Waals surface area contributed by atoms with Gasteiger partial charge in [0.15, 0.2) is 0 Å². The normalized spacial score (nSPS) is 12.9. The third-order valence-electron chi connectivity index (χ3n) is 8.24. The summed E-state index contributed by atoms with van der Waals surface area (Å²) in [6.45, 7) is 6.79. The van der Waals surface area contributed by atoms with Crippen molar-refractivity contribution in [3.63, 3.8) is 0 Å². The largest absolute Gasteiger partial charge is 0.497 e. The molecule has 3 heterocycles. The van der Waals surface area contributed by atoms with Crippen LogP contribution in [0.1, 0.15) is 26.3 Å². The second-order valence-electron chi connectivity index (χ2n) is 11.4. The average molecular weight is 498 g/mol. The molecule has 0 radical (unpaired) electrons. The number of furan rings is 1. The molecular weight excluding hydrogens is 470 g/mol. The van der Waals surface area contributed by atoms with Gasteiger partial charge in [0.25, 0.3) is 0 Å². The summed E-state index contributed by atoms with van der Waals surface area (Å²) in [4.78, 5) is 0. The summed E-state index contributed by atoms with van der Waals surface area (Å²) in [6, 6.07) is 26.3. The fourth-order valence-electron chi connectivity index (χ4n) is 6.29. The predicted molar refractivity (Wildman–Crippen MR) is 158 cm³/mol. The summed E-state index contributed by atoms with van der Waals surface area (Å²) < 4.78 is 20.0. The van der Waals surface area contributed by atoms with E-state index in [0.717, 1.165) is 38.8 Å². The maximum absolute atomic E-state index is 6.27. The van der Waals surface area contributed by atoms with Gasteiger partial charge in [-0.3, -0.25) is 0 Å². The third-order valence-corrected chi connectivity index (χ3v) is 8.24. The fourth-order valence-corrected chi connectivity index (χ4v) is 6.29. The van der Waals surface area contributed by atoms with Crippen molar-refractivity contribution in [2.75, 3.05) is 14.2 Å². The molecule has 4 heteroatoms. The number of rotatable bonds is 2. The number of ether oxygens (including phenoxy) is 2. The van der Waals surface area contributed by atoms with Crippen LogP contribution < -0.4 is 9.47 Å². The van der Waals surface area contributed by atoms with Crippen LogP contribution in [0.3, 0.4) is 0 Å². The Labute approximate surface area is 219 Å². The molecule has 0 aliphatic carbocycles. The Kier molecular flexibility index (Phi) is 4.04. The van der Waals surface area contributed by atoms with Gasteiger partial charge in [-0.1, -0.05) is 26.8 Å². The first-order valence-electron chi connectivity index (χ1n) is 13.0. The Morgan fingerprint density at radius 3 is 2.18 bits per heavy atom. The Morgan fingerprint density at radius 2 is 1.39 bits per heavy atom. The molecule has 3 aromatic heterocycles. The molecule has 0 bridgehead atoms. The summed E-state index contributed by atoms with van der Waals surface area (Å²) in [6.07, 6.45) is 0. The highest BCUT2D eigenvalue weighted by Crippen LogP contribution is 2.45. The second kappa shape index (κ2) is 7.11. The van der Waals surface area contributed by atoms with Crippen LogP contribution >= 0.6 is 0 Å². The lowest BCUT2D eigenvalue weighted by Gasteiger charge is -2.19. The van der Waals surface area contributed by atoms with Gasteiger partial charge in [-0.05, 0) is 82.4 Å². The maximum Gasteiger partial charge on any atom is 0.139 e. The zero-order chi connectivity index (χ0) is 25.9. The van der Waals surface area contributed by atoms with E-state index in [2.05, 4.69) is 85.8 Å². The molecule has 0 saturated carbocycles. The highest BCUT2D eigenvalue weighted by atomic mass is 16.5. The Morgan fingerprint density at radius 1 is 0.632 bits per heavy atom. The summed E-state index contributed by atoms with van der Waals surface area (Å²) >= 11 is 0. The minimum absolute atomic E-state index is 0.0632. The van der Waals surface area contributed by atoms with Gasteiger partial charge in [-0.15, -0.1) is 0 Å². The SMILES string of the molecule is COc1ccc2c(c1)oc1cc3cc4c(cc3cc12)c1ccc(OC)c2c3cc(C(C)(C)C)ccc3n4c12. The molecule has 0 atom stereocenters. The summed E-state index contributed by atoms with van der Waals surface area (Å²) in [5.74, 6) is 1.71. The monoisotopic (exact) mass is 497 g/mol. The van der Waals surface area contributed by atoms with Gasteiger partial charge in [0, 0.05) is 33.0 Å². The van der Waals surface area contributed by atoms with Crippen LogP contribution in [0.4, 0.5) is 0 Å². The standard InChI is InChI=1S/C34H27NO3/c1-34(2,3)20-6-10-27-26(16-20)32-29(37-5)11-9-23-24-12-18-13-25-22-8-7-21(36-4)17-31(22)38-30(25)15-19(18)14-28(24)35(27)33(23)32/h6-17H,1-5H3. The number of hydrogen-bond donors (Lipinski definition) is 0. The topological polar surface area (TPSA) is 36.0 Å². The molecule has 8 aromatic rings. The first-order valence-corrected chi connectivity index (χ1v) is 13.0. The molecular formula is C34H27NO3. The number of benzene rings is 5. The minimum atomic E-state index is 0.0632. The summed E-state index contributed by atoms with van der Waals surface area (Å²) in [7, 11) is 3.44. The Hall–Kier alpha value is -4.44. The average Bonchev–Trinajstić information content (AvgIpc) is 3.55. The Balaban J connectivity index is 1.51. The molecule has 0 N–H and O–H groups in total. The number of aromatic nitrogens is 1. The lowest BCUT2D eigenvalue weighted by Crippen LogP contribution is -2.10. The number of fused-ring (bicyclic) bond motifs is 10. The maximum atomic E-state index is 6.27. The molecule has 4 nitrogen and oxygen atoms in total. The second-order valence-corrected chi connectivity index (χ2v) is 11.4. The van der Waals surface area contributed by atoms with Crippen molar-refractivity contribution in [2.24, 2.45) is 0 Å². The van der Waals surface area contributed by atoms with Gasteiger partial charge in [0.1, 0.15) is 22.7 Å². The van der Waals surface area contributed by atoms with Crippen molar-refractivity contribution in [2.45, 2.75) is 26.2 Å². The molecule has 0 unspecified atom stereocenters. The molecule has 8 rings (SSSR count). The van der Waals surface area contributed by atoms with Gasteiger partial charge in [-0.25, -0.2) is 0 Å². The van der Waals surface area contributed by atoms with Crippen LogP contribution in [0.25, 0.3) is 70.8 Å². The highest BCUT2D eigenvalue weighted by molar-refractivity contribution is 6.26. The van der Waals surface area contributed by atoms with E-state index in [-0.39, 0.29) is 5.41 Å². The molecule has 0 fully saturated rings.